The van der Waals surface area contributed by atoms with Crippen LogP contribution < -0.4 is 0 Å². The molecular weight excluding hydrogens is 252 g/mol. The van der Waals surface area contributed by atoms with Crippen LogP contribution in [0.5, 0.6) is 0 Å². The van der Waals surface area contributed by atoms with Crippen LogP contribution in [0.2, 0.25) is 0 Å². The van der Waals surface area contributed by atoms with Gasteiger partial charge in [0.2, 0.25) is 0 Å². The maximum absolute atomic E-state index is 11.4. The van der Waals surface area contributed by atoms with Gasteiger partial charge in [-0.2, -0.15) is 13.5 Å². The second kappa shape index (κ2) is 4.67. The third-order valence-electron chi connectivity index (χ3n) is 1.91. The van der Waals surface area contributed by atoms with E-state index in [1.165, 1.54) is 12.7 Å². The number of carbonyl (C=O) groups excluding carboxylic acids is 1. The molecule has 9 nitrogen and oxygen atoms in total. The molecule has 0 aromatic heterocycles. The molecule has 0 bridgehead atoms. The Kier molecular flexibility index (Phi) is 3.24. The topological polar surface area (TPSA) is 101 Å². The molecule has 0 aromatic carbocycles. The minimum atomic E-state index is -4.46. The number of aliphatic imine (C=N–C) groups is 2. The Morgan fingerprint density at radius 2 is 1.71 bits per heavy atom. The van der Waals surface area contributed by atoms with Crippen molar-refractivity contribution in [2.24, 2.45) is 9.98 Å². The summed E-state index contributed by atoms with van der Waals surface area (Å²) in [6.07, 6.45) is 2.44. The van der Waals surface area contributed by atoms with Gasteiger partial charge in [0.15, 0.2) is 0 Å². The average molecular weight is 262 g/mol. The van der Waals surface area contributed by atoms with Crippen LogP contribution >= 0.6 is 0 Å². The van der Waals surface area contributed by atoms with Gasteiger partial charge >= 0.3 is 15.4 Å². The molecule has 10 heteroatoms. The standard InChI is InChI=1S/C7H10N4O5S/c12-7(15-10-3-1-8-5-10)17(13,14)16-11-4-2-9-6-11/h5-6H,1-4H2. The number of rotatable bonds is 3. The number of hydrogen-bond acceptors (Lipinski definition) is 9. The minimum Gasteiger partial charge on any atom is -0.324 e. The van der Waals surface area contributed by atoms with Gasteiger partial charge in [0.05, 0.1) is 26.2 Å². The number of nitrogens with zero attached hydrogens (tertiary/aromatic N) is 4. The highest BCUT2D eigenvalue weighted by atomic mass is 32.2. The highest BCUT2D eigenvalue weighted by Crippen LogP contribution is 2.07. The van der Waals surface area contributed by atoms with Crippen LogP contribution in [0, 0.1) is 0 Å². The lowest BCUT2D eigenvalue weighted by atomic mass is 10.7. The third kappa shape index (κ3) is 2.91. The summed E-state index contributed by atoms with van der Waals surface area (Å²) < 4.78 is 27.3. The van der Waals surface area contributed by atoms with Crippen LogP contribution in [-0.4, -0.2) is 62.7 Å². The van der Waals surface area contributed by atoms with E-state index in [9.17, 15) is 13.2 Å². The Hall–Kier alpha value is -1.68. The van der Waals surface area contributed by atoms with Gasteiger partial charge in [-0.15, -0.1) is 4.28 Å². The maximum atomic E-state index is 11.4. The molecule has 0 atom stereocenters. The molecule has 2 aliphatic heterocycles. The smallest absolute Gasteiger partial charge is 0.324 e. The van der Waals surface area contributed by atoms with Crippen LogP contribution in [0.1, 0.15) is 0 Å². The lowest BCUT2D eigenvalue weighted by Crippen LogP contribution is -2.33. The molecule has 17 heavy (non-hydrogen) atoms. The summed E-state index contributed by atoms with van der Waals surface area (Å²) >= 11 is 0. The third-order valence-corrected chi connectivity index (χ3v) is 2.78. The minimum absolute atomic E-state index is 0.275. The molecule has 94 valence electrons. The summed E-state index contributed by atoms with van der Waals surface area (Å²) in [6, 6.07) is 0. The molecule has 0 radical (unpaired) electrons. The fourth-order valence-corrected chi connectivity index (χ4v) is 1.76. The van der Waals surface area contributed by atoms with Crippen molar-refractivity contribution in [1.29, 1.82) is 0 Å². The van der Waals surface area contributed by atoms with Gasteiger partial charge in [0, 0.05) is 0 Å². The molecular formula is C7H10N4O5S. The maximum Gasteiger partial charge on any atom is 0.477 e. The van der Waals surface area contributed by atoms with E-state index < -0.39 is 15.4 Å². The first-order valence-corrected chi connectivity index (χ1v) is 6.18. The Morgan fingerprint density at radius 1 is 1.12 bits per heavy atom. The van der Waals surface area contributed by atoms with Crippen molar-refractivity contribution < 1.29 is 22.3 Å². The van der Waals surface area contributed by atoms with Gasteiger partial charge < -0.3 is 4.84 Å². The quantitative estimate of drug-likeness (QED) is 0.642. The van der Waals surface area contributed by atoms with Crippen molar-refractivity contribution in [2.45, 2.75) is 0 Å². The summed E-state index contributed by atoms with van der Waals surface area (Å²) in [6.45, 7) is 1.47. The van der Waals surface area contributed by atoms with E-state index in [1.54, 1.807) is 0 Å². The molecule has 0 aliphatic carbocycles. The van der Waals surface area contributed by atoms with Gasteiger partial charge in [-0.05, 0) is 0 Å². The SMILES string of the molecule is O=C(ON1C=NCC1)S(=O)(=O)ON1C=NCC1. The predicted molar refractivity (Wildman–Crippen MR) is 56.6 cm³/mol. The highest BCUT2D eigenvalue weighted by molar-refractivity contribution is 8.01. The fraction of sp³-hybridized carbons (Fsp3) is 0.571. The van der Waals surface area contributed by atoms with E-state index in [2.05, 4.69) is 19.1 Å². The van der Waals surface area contributed by atoms with E-state index in [0.717, 1.165) is 10.1 Å². The second-order valence-corrected chi connectivity index (χ2v) is 4.59. The lowest BCUT2D eigenvalue weighted by molar-refractivity contribution is -0.0142. The van der Waals surface area contributed by atoms with Crippen molar-refractivity contribution in [1.82, 2.24) is 10.1 Å². The first-order valence-electron chi connectivity index (χ1n) is 4.78. The van der Waals surface area contributed by atoms with Crippen LogP contribution in [0.4, 0.5) is 4.79 Å². The monoisotopic (exact) mass is 262 g/mol. The summed E-state index contributed by atoms with van der Waals surface area (Å²) in [5.74, 6) is 0. The number of hydroxylamine groups is 4. The van der Waals surface area contributed by atoms with Crippen LogP contribution in [0.3, 0.4) is 0 Å². The van der Waals surface area contributed by atoms with Crippen molar-refractivity contribution in [2.75, 3.05) is 26.2 Å². The zero-order valence-electron chi connectivity index (χ0n) is 8.72. The Labute approximate surface area is 97.4 Å². The summed E-state index contributed by atoms with van der Waals surface area (Å²) in [5, 5.41) is 0.502. The van der Waals surface area contributed by atoms with Gasteiger partial charge in [-0.25, -0.2) is 9.86 Å². The summed E-state index contributed by atoms with van der Waals surface area (Å²) in [7, 11) is -4.46. The van der Waals surface area contributed by atoms with Gasteiger partial charge in [-0.1, -0.05) is 0 Å². The lowest BCUT2D eigenvalue weighted by Gasteiger charge is -2.15. The summed E-state index contributed by atoms with van der Waals surface area (Å²) in [5.41, 5.74) is 0. The molecule has 2 heterocycles. The van der Waals surface area contributed by atoms with Crippen LogP contribution in [0.25, 0.3) is 0 Å². The van der Waals surface area contributed by atoms with Crippen molar-refractivity contribution in [3.05, 3.63) is 0 Å². The van der Waals surface area contributed by atoms with E-state index >= 15 is 0 Å². The molecule has 0 spiro atoms. The van der Waals surface area contributed by atoms with Crippen molar-refractivity contribution >= 4 is 28.1 Å². The molecule has 0 unspecified atom stereocenters. The van der Waals surface area contributed by atoms with Gasteiger partial charge in [0.25, 0.3) is 0 Å². The first-order chi connectivity index (χ1) is 8.08. The Morgan fingerprint density at radius 3 is 2.24 bits per heavy atom. The molecule has 0 saturated carbocycles. The molecule has 2 aliphatic rings. The van der Waals surface area contributed by atoms with Crippen LogP contribution in [0.15, 0.2) is 9.98 Å². The van der Waals surface area contributed by atoms with Crippen molar-refractivity contribution in [3.8, 4) is 0 Å². The molecule has 0 amide bonds. The van der Waals surface area contributed by atoms with E-state index in [1.807, 2.05) is 0 Å². The van der Waals surface area contributed by atoms with Crippen molar-refractivity contribution in [3.63, 3.8) is 0 Å². The number of carbonyl (C=O) groups is 1. The molecule has 0 aromatic rings. The average Bonchev–Trinajstić information content (AvgIpc) is 2.90. The molecule has 0 N–H and O–H groups in total. The van der Waals surface area contributed by atoms with Gasteiger partial charge in [0.1, 0.15) is 12.7 Å². The van der Waals surface area contributed by atoms with E-state index in [0.29, 0.717) is 19.6 Å². The zero-order chi connectivity index (χ0) is 12.3. The Bertz CT molecular complexity index is 459. The van der Waals surface area contributed by atoms with E-state index in [-0.39, 0.29) is 6.54 Å². The highest BCUT2D eigenvalue weighted by Gasteiger charge is 2.31. The first kappa shape index (κ1) is 11.8. The largest absolute Gasteiger partial charge is 0.477 e. The molecule has 0 fully saturated rings. The van der Waals surface area contributed by atoms with E-state index in [4.69, 9.17) is 0 Å². The number of hydrogen-bond donors (Lipinski definition) is 0. The Balaban J connectivity index is 1.92. The fourth-order valence-electron chi connectivity index (χ4n) is 1.15. The normalized spacial score (nSPS) is 19.1. The summed E-state index contributed by atoms with van der Waals surface area (Å²) in [4.78, 5) is 23.3. The predicted octanol–water partition coefficient (Wildman–Crippen LogP) is -1.01. The zero-order valence-corrected chi connectivity index (χ0v) is 9.54. The second-order valence-electron chi connectivity index (χ2n) is 3.19. The molecule has 2 rings (SSSR count). The van der Waals surface area contributed by atoms with Gasteiger partial charge in [-0.3, -0.25) is 9.98 Å². The molecule has 0 saturated heterocycles. The van der Waals surface area contributed by atoms with Crippen LogP contribution in [-0.2, 0) is 19.2 Å².